The number of rotatable bonds is 4. The van der Waals surface area contributed by atoms with Gasteiger partial charge in [0.2, 0.25) is 0 Å². The van der Waals surface area contributed by atoms with Gasteiger partial charge in [0.05, 0.1) is 31.6 Å². The molecule has 2 aliphatic rings. The van der Waals surface area contributed by atoms with E-state index in [-0.39, 0.29) is 11.9 Å². The summed E-state index contributed by atoms with van der Waals surface area (Å²) < 4.78 is 30.5. The molecule has 0 aromatic heterocycles. The van der Waals surface area contributed by atoms with E-state index >= 15 is 0 Å². The van der Waals surface area contributed by atoms with Crippen molar-refractivity contribution in [3.63, 3.8) is 0 Å². The van der Waals surface area contributed by atoms with Gasteiger partial charge >= 0.3 is 0 Å². The second-order valence-corrected chi connectivity index (χ2v) is 5.60. The number of carbonyl (C=O) groups excluding carboxylic acids is 1. The minimum Gasteiger partial charge on any atom is -0.496 e. The molecule has 0 saturated carbocycles. The molecular formula is C16H20FNO4. The Kier molecular flexibility index (Phi) is 4.59. The van der Waals surface area contributed by atoms with Crippen molar-refractivity contribution in [1.29, 1.82) is 0 Å². The number of aldehydes is 1. The van der Waals surface area contributed by atoms with Gasteiger partial charge in [0.25, 0.3) is 0 Å². The van der Waals surface area contributed by atoms with E-state index in [0.717, 1.165) is 25.9 Å². The minimum atomic E-state index is -0.394. The first-order valence-corrected chi connectivity index (χ1v) is 7.54. The lowest BCUT2D eigenvalue weighted by Gasteiger charge is -2.35. The third kappa shape index (κ3) is 2.94. The van der Waals surface area contributed by atoms with Gasteiger partial charge in [-0.25, -0.2) is 4.39 Å². The Morgan fingerprint density at radius 2 is 1.95 bits per heavy atom. The Balaban J connectivity index is 1.71. The van der Waals surface area contributed by atoms with Gasteiger partial charge in [0.1, 0.15) is 11.6 Å². The van der Waals surface area contributed by atoms with Crippen molar-refractivity contribution in [1.82, 2.24) is 0 Å². The lowest BCUT2D eigenvalue weighted by Crippen LogP contribution is -2.38. The van der Waals surface area contributed by atoms with Crippen molar-refractivity contribution in [3.05, 3.63) is 23.5 Å². The third-order valence-electron chi connectivity index (χ3n) is 4.34. The summed E-state index contributed by atoms with van der Waals surface area (Å²) in [6, 6.07) is 2.83. The lowest BCUT2D eigenvalue weighted by atomic mass is 9.95. The van der Waals surface area contributed by atoms with E-state index in [9.17, 15) is 9.18 Å². The van der Waals surface area contributed by atoms with Crippen LogP contribution in [0.4, 0.5) is 10.1 Å². The first kappa shape index (κ1) is 15.2. The van der Waals surface area contributed by atoms with Crippen molar-refractivity contribution in [2.75, 3.05) is 38.3 Å². The molecule has 22 heavy (non-hydrogen) atoms. The Bertz CT molecular complexity index is 537. The zero-order chi connectivity index (χ0) is 15.5. The number of piperidine rings is 1. The van der Waals surface area contributed by atoms with Crippen LogP contribution in [0.15, 0.2) is 12.1 Å². The average Bonchev–Trinajstić information content (AvgIpc) is 3.09. The quantitative estimate of drug-likeness (QED) is 0.798. The molecule has 5 nitrogen and oxygen atoms in total. The molecule has 0 atom stereocenters. The van der Waals surface area contributed by atoms with E-state index in [1.807, 2.05) is 4.90 Å². The summed E-state index contributed by atoms with van der Waals surface area (Å²) in [7, 11) is 1.48. The molecule has 2 saturated heterocycles. The maximum atomic E-state index is 14.2. The monoisotopic (exact) mass is 309 g/mol. The number of benzene rings is 1. The number of ether oxygens (including phenoxy) is 3. The second-order valence-electron chi connectivity index (χ2n) is 5.60. The predicted molar refractivity (Wildman–Crippen MR) is 79.0 cm³/mol. The van der Waals surface area contributed by atoms with Crippen LogP contribution in [-0.2, 0) is 9.47 Å². The lowest BCUT2D eigenvalue weighted by molar-refractivity contribution is -0.0889. The molecule has 1 aromatic carbocycles. The molecule has 0 unspecified atom stereocenters. The van der Waals surface area contributed by atoms with Crippen LogP contribution in [0.25, 0.3) is 0 Å². The number of nitrogens with zero attached hydrogens (tertiary/aromatic N) is 1. The maximum absolute atomic E-state index is 14.2. The number of methoxy groups -OCH3 is 1. The van der Waals surface area contributed by atoms with E-state index in [4.69, 9.17) is 14.2 Å². The number of anilines is 1. The fraction of sp³-hybridized carbons (Fsp3) is 0.562. The SMILES string of the molecule is COc1cc(N2CCC(C3OCCO3)CC2)c(F)cc1C=O. The summed E-state index contributed by atoms with van der Waals surface area (Å²) in [5.74, 6) is 0.364. The van der Waals surface area contributed by atoms with Gasteiger partial charge in [0.15, 0.2) is 12.6 Å². The van der Waals surface area contributed by atoms with Crippen molar-refractivity contribution in [2.24, 2.45) is 5.92 Å². The molecule has 0 N–H and O–H groups in total. The van der Waals surface area contributed by atoms with E-state index in [1.54, 1.807) is 6.07 Å². The van der Waals surface area contributed by atoms with Gasteiger partial charge in [-0.3, -0.25) is 4.79 Å². The van der Waals surface area contributed by atoms with Crippen molar-refractivity contribution in [2.45, 2.75) is 19.1 Å². The molecule has 2 fully saturated rings. The number of halogens is 1. The zero-order valence-corrected chi connectivity index (χ0v) is 12.6. The minimum absolute atomic E-state index is 0.112. The predicted octanol–water partition coefficient (Wildman–Crippen LogP) is 2.24. The van der Waals surface area contributed by atoms with Crippen LogP contribution in [0.3, 0.4) is 0 Å². The van der Waals surface area contributed by atoms with Crippen molar-refractivity contribution < 1.29 is 23.4 Å². The van der Waals surface area contributed by atoms with Crippen molar-refractivity contribution >= 4 is 12.0 Å². The maximum Gasteiger partial charge on any atom is 0.160 e. The topological polar surface area (TPSA) is 48.0 Å². The van der Waals surface area contributed by atoms with E-state index in [1.165, 1.54) is 13.2 Å². The summed E-state index contributed by atoms with van der Waals surface area (Å²) >= 11 is 0. The van der Waals surface area contributed by atoms with E-state index < -0.39 is 5.82 Å². The number of hydrogen-bond acceptors (Lipinski definition) is 5. The Hall–Kier alpha value is -1.66. The Morgan fingerprint density at radius 3 is 2.55 bits per heavy atom. The van der Waals surface area contributed by atoms with Gasteiger partial charge < -0.3 is 19.1 Å². The second kappa shape index (κ2) is 6.62. The van der Waals surface area contributed by atoms with Crippen LogP contribution in [0, 0.1) is 11.7 Å². The highest BCUT2D eigenvalue weighted by Gasteiger charge is 2.31. The van der Waals surface area contributed by atoms with Crippen LogP contribution in [0.1, 0.15) is 23.2 Å². The Labute approximate surface area is 128 Å². The molecule has 120 valence electrons. The molecule has 2 aliphatic heterocycles. The third-order valence-corrected chi connectivity index (χ3v) is 4.34. The number of carbonyl (C=O) groups is 1. The van der Waals surface area contributed by atoms with Crippen LogP contribution < -0.4 is 9.64 Å². The first-order chi connectivity index (χ1) is 10.7. The molecule has 6 heteroatoms. The van der Waals surface area contributed by atoms with E-state index in [0.29, 0.717) is 36.9 Å². The summed E-state index contributed by atoms with van der Waals surface area (Å²) in [5.41, 5.74) is 0.709. The zero-order valence-electron chi connectivity index (χ0n) is 12.6. The highest BCUT2D eigenvalue weighted by molar-refractivity contribution is 5.81. The first-order valence-electron chi connectivity index (χ1n) is 7.54. The summed E-state index contributed by atoms with van der Waals surface area (Å²) in [4.78, 5) is 12.9. The molecule has 0 amide bonds. The standard InChI is InChI=1S/C16H20FNO4/c1-20-15-9-14(13(17)8-12(15)10-19)18-4-2-11(3-5-18)16-21-6-7-22-16/h8-11,16H,2-7H2,1H3. The van der Waals surface area contributed by atoms with Gasteiger partial charge in [-0.1, -0.05) is 0 Å². The smallest absolute Gasteiger partial charge is 0.160 e. The molecule has 0 bridgehead atoms. The van der Waals surface area contributed by atoms with Crippen molar-refractivity contribution in [3.8, 4) is 5.75 Å². The summed E-state index contributed by atoms with van der Waals surface area (Å²) in [5, 5.41) is 0. The van der Waals surface area contributed by atoms with Gasteiger partial charge in [-0.05, 0) is 18.9 Å². The molecular weight excluding hydrogens is 289 g/mol. The molecule has 1 aromatic rings. The summed E-state index contributed by atoms with van der Waals surface area (Å²) in [6.07, 6.45) is 2.27. The molecule has 0 radical (unpaired) electrons. The molecule has 0 spiro atoms. The van der Waals surface area contributed by atoms with Crippen LogP contribution in [-0.4, -0.2) is 46.0 Å². The highest BCUT2D eigenvalue weighted by atomic mass is 19.1. The number of hydrogen-bond donors (Lipinski definition) is 0. The molecule has 2 heterocycles. The highest BCUT2D eigenvalue weighted by Crippen LogP contribution is 2.33. The summed E-state index contributed by atoms with van der Waals surface area (Å²) in [6.45, 7) is 2.77. The largest absolute Gasteiger partial charge is 0.496 e. The van der Waals surface area contributed by atoms with E-state index in [2.05, 4.69) is 0 Å². The van der Waals surface area contributed by atoms with Crippen LogP contribution in [0.2, 0.25) is 0 Å². The van der Waals surface area contributed by atoms with Crippen LogP contribution >= 0.6 is 0 Å². The van der Waals surface area contributed by atoms with Gasteiger partial charge in [-0.15, -0.1) is 0 Å². The normalized spacial score (nSPS) is 20.4. The average molecular weight is 309 g/mol. The fourth-order valence-electron chi connectivity index (χ4n) is 3.13. The van der Waals surface area contributed by atoms with Gasteiger partial charge in [0, 0.05) is 25.1 Å². The Morgan fingerprint density at radius 1 is 1.27 bits per heavy atom. The molecule has 0 aliphatic carbocycles. The van der Waals surface area contributed by atoms with Crippen LogP contribution in [0.5, 0.6) is 5.75 Å². The molecule has 3 rings (SSSR count). The van der Waals surface area contributed by atoms with Gasteiger partial charge in [-0.2, -0.15) is 0 Å². The fourth-order valence-corrected chi connectivity index (χ4v) is 3.13.